The molecule has 0 unspecified atom stereocenters. The molecule has 0 spiro atoms. The molecular formula is C20H29N3O2. The number of hydrogen-bond acceptors (Lipinski definition) is 3. The molecule has 0 radical (unpaired) electrons. The van der Waals surface area contributed by atoms with Gasteiger partial charge in [0.05, 0.1) is 6.04 Å². The van der Waals surface area contributed by atoms with E-state index in [4.69, 9.17) is 4.42 Å². The summed E-state index contributed by atoms with van der Waals surface area (Å²) >= 11 is 0. The summed E-state index contributed by atoms with van der Waals surface area (Å²) in [6, 6.07) is 8.52. The van der Waals surface area contributed by atoms with Gasteiger partial charge in [-0.3, -0.25) is 0 Å². The Morgan fingerprint density at radius 1 is 1.20 bits per heavy atom. The third-order valence-electron chi connectivity index (χ3n) is 5.22. The fraction of sp³-hybridized carbons (Fsp3) is 0.550. The van der Waals surface area contributed by atoms with Crippen LogP contribution in [-0.2, 0) is 0 Å². The summed E-state index contributed by atoms with van der Waals surface area (Å²) in [5, 5.41) is 7.24. The van der Waals surface area contributed by atoms with Crippen LogP contribution in [0.5, 0.6) is 0 Å². The Bertz CT molecular complexity index is 730. The number of furan rings is 1. The van der Waals surface area contributed by atoms with Crippen LogP contribution in [0.4, 0.5) is 4.79 Å². The van der Waals surface area contributed by atoms with Crippen molar-refractivity contribution in [3.05, 3.63) is 35.6 Å². The number of hydrogen-bond donors (Lipinski definition) is 2. The van der Waals surface area contributed by atoms with Gasteiger partial charge in [0.15, 0.2) is 0 Å². The fourth-order valence-corrected chi connectivity index (χ4v) is 3.66. The Balaban J connectivity index is 1.56. The highest BCUT2D eigenvalue weighted by atomic mass is 16.3. The number of benzene rings is 1. The van der Waals surface area contributed by atoms with Crippen LogP contribution in [0.25, 0.3) is 11.0 Å². The van der Waals surface area contributed by atoms with Gasteiger partial charge in [0.1, 0.15) is 11.3 Å². The Morgan fingerprint density at radius 2 is 1.88 bits per heavy atom. The molecule has 1 saturated heterocycles. The van der Waals surface area contributed by atoms with Crippen LogP contribution in [0, 0.1) is 6.92 Å². The first-order valence-electron chi connectivity index (χ1n) is 9.24. The third-order valence-corrected chi connectivity index (χ3v) is 5.22. The van der Waals surface area contributed by atoms with Crippen molar-refractivity contribution in [1.29, 1.82) is 0 Å². The number of urea groups is 1. The molecule has 2 aromatic rings. The highest BCUT2D eigenvalue weighted by Gasteiger charge is 2.23. The topological polar surface area (TPSA) is 57.5 Å². The normalized spacial score (nSPS) is 17.8. The molecule has 2 N–H and O–H groups in total. The number of rotatable bonds is 4. The number of nitrogens with one attached hydrogen (secondary N) is 2. The van der Waals surface area contributed by atoms with Gasteiger partial charge in [-0.05, 0) is 46.6 Å². The largest absolute Gasteiger partial charge is 0.459 e. The van der Waals surface area contributed by atoms with E-state index >= 15 is 0 Å². The second-order valence-electron chi connectivity index (χ2n) is 7.33. The Morgan fingerprint density at radius 3 is 2.52 bits per heavy atom. The lowest BCUT2D eigenvalue weighted by atomic mass is 10.0. The molecule has 0 aliphatic carbocycles. The molecule has 2 heterocycles. The third kappa shape index (κ3) is 3.98. The maximum atomic E-state index is 12.4. The first-order chi connectivity index (χ1) is 12.0. The average molecular weight is 343 g/mol. The molecule has 1 atom stereocenters. The summed E-state index contributed by atoms with van der Waals surface area (Å²) in [4.78, 5) is 14.8. The molecule has 1 aromatic carbocycles. The van der Waals surface area contributed by atoms with Crippen LogP contribution in [0.1, 0.15) is 51.0 Å². The number of piperidine rings is 1. The molecule has 25 heavy (non-hydrogen) atoms. The van der Waals surface area contributed by atoms with Crippen LogP contribution in [0.3, 0.4) is 0 Å². The molecule has 1 fully saturated rings. The zero-order valence-electron chi connectivity index (χ0n) is 15.6. The zero-order chi connectivity index (χ0) is 18.0. The molecular weight excluding hydrogens is 314 g/mol. The van der Waals surface area contributed by atoms with E-state index in [9.17, 15) is 4.79 Å². The summed E-state index contributed by atoms with van der Waals surface area (Å²) in [6.45, 7) is 10.5. The van der Waals surface area contributed by atoms with Crippen LogP contribution in [-0.4, -0.2) is 36.1 Å². The van der Waals surface area contributed by atoms with Crippen molar-refractivity contribution in [2.75, 3.05) is 13.1 Å². The van der Waals surface area contributed by atoms with Gasteiger partial charge in [-0.15, -0.1) is 0 Å². The lowest BCUT2D eigenvalue weighted by Gasteiger charge is -2.35. The van der Waals surface area contributed by atoms with E-state index in [0.29, 0.717) is 6.04 Å². The smallest absolute Gasteiger partial charge is 0.315 e. The zero-order valence-corrected chi connectivity index (χ0v) is 15.6. The Labute approximate surface area is 149 Å². The summed E-state index contributed by atoms with van der Waals surface area (Å²) in [7, 11) is 0. The van der Waals surface area contributed by atoms with E-state index < -0.39 is 0 Å². The SMILES string of the molecule is Cc1c([C@H](C)NC(=O)NC2CCN(C(C)C)CC2)oc2ccccc12. The molecule has 5 nitrogen and oxygen atoms in total. The second kappa shape index (κ2) is 7.48. The van der Waals surface area contributed by atoms with Gasteiger partial charge in [0.2, 0.25) is 0 Å². The Kier molecular flexibility index (Phi) is 5.33. The quantitative estimate of drug-likeness (QED) is 0.883. The lowest BCUT2D eigenvalue weighted by molar-refractivity contribution is 0.160. The van der Waals surface area contributed by atoms with Crippen molar-refractivity contribution in [1.82, 2.24) is 15.5 Å². The van der Waals surface area contributed by atoms with Gasteiger partial charge < -0.3 is 20.0 Å². The van der Waals surface area contributed by atoms with E-state index in [-0.39, 0.29) is 18.1 Å². The first-order valence-corrected chi connectivity index (χ1v) is 9.24. The van der Waals surface area contributed by atoms with Crippen LogP contribution in [0.2, 0.25) is 0 Å². The van der Waals surface area contributed by atoms with Crippen molar-refractivity contribution >= 4 is 17.0 Å². The van der Waals surface area contributed by atoms with Crippen molar-refractivity contribution in [3.63, 3.8) is 0 Å². The maximum absolute atomic E-state index is 12.4. The predicted molar refractivity (Wildman–Crippen MR) is 101 cm³/mol. The van der Waals surface area contributed by atoms with Crippen molar-refractivity contribution in [2.45, 2.75) is 58.7 Å². The van der Waals surface area contributed by atoms with Crippen LogP contribution >= 0.6 is 0 Å². The van der Waals surface area contributed by atoms with Crippen molar-refractivity contribution in [3.8, 4) is 0 Å². The standard InChI is InChI=1S/C20H29N3O2/c1-13(2)23-11-9-16(10-12-23)22-20(24)21-15(4)19-14(3)17-7-5-6-8-18(17)25-19/h5-8,13,15-16H,9-12H2,1-4H3,(H2,21,22,24)/t15-/m0/s1. The highest BCUT2D eigenvalue weighted by Crippen LogP contribution is 2.29. The summed E-state index contributed by atoms with van der Waals surface area (Å²) < 4.78 is 5.94. The van der Waals surface area contributed by atoms with E-state index in [2.05, 4.69) is 29.4 Å². The molecule has 5 heteroatoms. The van der Waals surface area contributed by atoms with E-state index in [1.165, 1.54) is 0 Å². The van der Waals surface area contributed by atoms with Gasteiger partial charge in [0.25, 0.3) is 0 Å². The maximum Gasteiger partial charge on any atom is 0.315 e. The number of carbonyl (C=O) groups is 1. The van der Waals surface area contributed by atoms with Gasteiger partial charge >= 0.3 is 6.03 Å². The van der Waals surface area contributed by atoms with Crippen molar-refractivity contribution in [2.24, 2.45) is 0 Å². The van der Waals surface area contributed by atoms with Crippen molar-refractivity contribution < 1.29 is 9.21 Å². The van der Waals surface area contributed by atoms with Gasteiger partial charge in [0, 0.05) is 36.1 Å². The lowest BCUT2D eigenvalue weighted by Crippen LogP contribution is -2.49. The fourth-order valence-electron chi connectivity index (χ4n) is 3.66. The van der Waals surface area contributed by atoms with Gasteiger partial charge in [-0.2, -0.15) is 0 Å². The summed E-state index contributed by atoms with van der Waals surface area (Å²) in [5.74, 6) is 0.825. The number of likely N-dealkylation sites (tertiary alicyclic amines) is 1. The molecule has 1 aliphatic heterocycles. The van der Waals surface area contributed by atoms with Gasteiger partial charge in [-0.1, -0.05) is 18.2 Å². The van der Waals surface area contributed by atoms with E-state index in [1.54, 1.807) is 0 Å². The minimum atomic E-state index is -0.164. The number of carbonyl (C=O) groups excluding carboxylic acids is 1. The molecule has 0 bridgehead atoms. The molecule has 3 rings (SSSR count). The predicted octanol–water partition coefficient (Wildman–Crippen LogP) is 3.97. The Hall–Kier alpha value is -2.01. The molecule has 0 saturated carbocycles. The van der Waals surface area contributed by atoms with E-state index in [1.807, 2.05) is 38.1 Å². The molecule has 1 aliphatic rings. The minimum absolute atomic E-state index is 0.115. The number of nitrogens with zero attached hydrogens (tertiary/aromatic N) is 1. The highest BCUT2D eigenvalue weighted by molar-refractivity contribution is 5.82. The van der Waals surface area contributed by atoms with E-state index in [0.717, 1.165) is 48.2 Å². The van der Waals surface area contributed by atoms with Crippen LogP contribution in [0.15, 0.2) is 28.7 Å². The van der Waals surface area contributed by atoms with Gasteiger partial charge in [-0.25, -0.2) is 4.79 Å². The number of fused-ring (bicyclic) bond motifs is 1. The van der Waals surface area contributed by atoms with Crippen LogP contribution < -0.4 is 10.6 Å². The monoisotopic (exact) mass is 343 g/mol. The molecule has 136 valence electrons. The molecule has 2 amide bonds. The number of aryl methyl sites for hydroxylation is 1. The average Bonchev–Trinajstić information content (AvgIpc) is 2.92. The number of para-hydroxylation sites is 1. The second-order valence-corrected chi connectivity index (χ2v) is 7.33. The molecule has 1 aromatic heterocycles. The minimum Gasteiger partial charge on any atom is -0.459 e. The first kappa shape index (κ1) is 17.8. The summed E-state index contributed by atoms with van der Waals surface area (Å²) in [6.07, 6.45) is 2.01. The number of amides is 2. The summed E-state index contributed by atoms with van der Waals surface area (Å²) in [5.41, 5.74) is 1.96.